The number of carboxylic acids is 1. The van der Waals surface area contributed by atoms with Gasteiger partial charge >= 0.3 is 5.97 Å². The zero-order valence-corrected chi connectivity index (χ0v) is 10.00. The normalized spacial score (nSPS) is 20.9. The van der Waals surface area contributed by atoms with E-state index in [1.54, 1.807) is 20.8 Å². The summed E-state index contributed by atoms with van der Waals surface area (Å²) < 4.78 is 0. The van der Waals surface area contributed by atoms with Crippen molar-refractivity contribution in [2.45, 2.75) is 39.4 Å². The molecule has 5 nitrogen and oxygen atoms in total. The zero-order valence-electron chi connectivity index (χ0n) is 10.00. The van der Waals surface area contributed by atoms with Crippen LogP contribution in [0.25, 0.3) is 0 Å². The van der Waals surface area contributed by atoms with Gasteiger partial charge in [-0.1, -0.05) is 20.8 Å². The van der Waals surface area contributed by atoms with Crippen molar-refractivity contribution < 1.29 is 25.2 Å². The van der Waals surface area contributed by atoms with Crippen LogP contribution in [0.5, 0.6) is 0 Å². The van der Waals surface area contributed by atoms with E-state index in [4.69, 9.17) is 10.2 Å². The Balaban J connectivity index is 4.35. The minimum Gasteiger partial charge on any atom is -0.481 e. The van der Waals surface area contributed by atoms with Gasteiger partial charge in [0.15, 0.2) is 0 Å². The fraction of sp³-hybridized carbons (Fsp3) is 0.909. The second kappa shape index (κ2) is 6.83. The molecule has 0 aliphatic heterocycles. The first-order valence-electron chi connectivity index (χ1n) is 5.50. The lowest BCUT2D eigenvalue weighted by molar-refractivity contribution is -0.139. The molecule has 5 heteroatoms. The molecule has 0 aliphatic rings. The van der Waals surface area contributed by atoms with E-state index in [0.29, 0.717) is 0 Å². The average molecular weight is 234 g/mol. The van der Waals surface area contributed by atoms with Crippen LogP contribution in [-0.4, -0.2) is 45.2 Å². The molecule has 0 radical (unpaired) electrons. The van der Waals surface area contributed by atoms with Crippen LogP contribution in [-0.2, 0) is 4.79 Å². The number of rotatable bonds is 7. The smallest absolute Gasteiger partial charge is 0.303 e. The molecule has 0 bridgehead atoms. The van der Waals surface area contributed by atoms with Crippen molar-refractivity contribution >= 4 is 5.97 Å². The average Bonchev–Trinajstić information content (AvgIpc) is 2.23. The molecule has 0 aliphatic carbocycles. The number of carbonyl (C=O) groups is 1. The summed E-state index contributed by atoms with van der Waals surface area (Å²) in [6, 6.07) is 0. The molecule has 16 heavy (non-hydrogen) atoms. The minimum absolute atomic E-state index is 0.133. The van der Waals surface area contributed by atoms with Crippen molar-refractivity contribution in [3.8, 4) is 0 Å². The Kier molecular flexibility index (Phi) is 6.55. The molecule has 0 saturated carbocycles. The van der Waals surface area contributed by atoms with Crippen molar-refractivity contribution in [1.29, 1.82) is 0 Å². The van der Waals surface area contributed by atoms with E-state index in [2.05, 4.69) is 0 Å². The SMILES string of the molecule is C[C@H]([C@@H](O)[C@@H](C)CO)[C@@H](O)[C@@H](C)CC(=O)O. The minimum atomic E-state index is -0.969. The Labute approximate surface area is 95.7 Å². The van der Waals surface area contributed by atoms with Crippen LogP contribution < -0.4 is 0 Å². The Morgan fingerprint density at radius 1 is 1.06 bits per heavy atom. The Hall–Kier alpha value is -0.650. The monoisotopic (exact) mass is 234 g/mol. The molecule has 0 amide bonds. The van der Waals surface area contributed by atoms with E-state index in [0.717, 1.165) is 0 Å². The van der Waals surface area contributed by atoms with Gasteiger partial charge in [-0.3, -0.25) is 4.79 Å². The van der Waals surface area contributed by atoms with Crippen molar-refractivity contribution in [3.05, 3.63) is 0 Å². The van der Waals surface area contributed by atoms with Gasteiger partial charge in [0.1, 0.15) is 0 Å². The first-order valence-corrected chi connectivity index (χ1v) is 5.50. The van der Waals surface area contributed by atoms with Crippen LogP contribution in [0.4, 0.5) is 0 Å². The Morgan fingerprint density at radius 2 is 1.50 bits per heavy atom. The van der Waals surface area contributed by atoms with Gasteiger partial charge in [0.05, 0.1) is 18.6 Å². The lowest BCUT2D eigenvalue weighted by Gasteiger charge is -2.30. The van der Waals surface area contributed by atoms with Gasteiger partial charge in [0, 0.05) is 18.4 Å². The summed E-state index contributed by atoms with van der Waals surface area (Å²) in [6.07, 6.45) is -1.86. The van der Waals surface area contributed by atoms with E-state index in [9.17, 15) is 15.0 Å². The molecule has 0 unspecified atom stereocenters. The van der Waals surface area contributed by atoms with Gasteiger partial charge in [-0.15, -0.1) is 0 Å². The molecular formula is C11H22O5. The predicted molar refractivity (Wildman–Crippen MR) is 58.8 cm³/mol. The quantitative estimate of drug-likeness (QED) is 0.500. The fourth-order valence-electron chi connectivity index (χ4n) is 1.74. The molecule has 5 atom stereocenters. The third-order valence-electron chi connectivity index (χ3n) is 3.03. The van der Waals surface area contributed by atoms with Crippen LogP contribution >= 0.6 is 0 Å². The number of aliphatic hydroxyl groups is 3. The van der Waals surface area contributed by atoms with E-state index < -0.39 is 30.0 Å². The lowest BCUT2D eigenvalue weighted by atomic mass is 9.83. The summed E-state index contributed by atoms with van der Waals surface area (Å²) in [5.41, 5.74) is 0. The van der Waals surface area contributed by atoms with Crippen molar-refractivity contribution in [1.82, 2.24) is 0 Å². The molecule has 0 fully saturated rings. The summed E-state index contributed by atoms with van der Waals surface area (Å²) >= 11 is 0. The third kappa shape index (κ3) is 4.47. The summed E-state index contributed by atoms with van der Waals surface area (Å²) in [7, 11) is 0. The number of aliphatic hydroxyl groups excluding tert-OH is 3. The van der Waals surface area contributed by atoms with Crippen molar-refractivity contribution in [3.63, 3.8) is 0 Å². The second-order valence-electron chi connectivity index (χ2n) is 4.58. The van der Waals surface area contributed by atoms with Crippen LogP contribution in [0.3, 0.4) is 0 Å². The summed E-state index contributed by atoms with van der Waals surface area (Å²) in [5, 5.41) is 37.1. The van der Waals surface area contributed by atoms with E-state index >= 15 is 0 Å². The van der Waals surface area contributed by atoms with Crippen LogP contribution in [0, 0.1) is 17.8 Å². The summed E-state index contributed by atoms with van der Waals surface area (Å²) in [6.45, 7) is 4.80. The lowest BCUT2D eigenvalue weighted by Crippen LogP contribution is -2.39. The highest BCUT2D eigenvalue weighted by atomic mass is 16.4. The standard InChI is InChI=1S/C11H22O5/c1-6(4-9(13)14)10(15)8(3)11(16)7(2)5-12/h6-8,10-12,15-16H,4-5H2,1-3H3,(H,13,14)/t6-,7-,8-,10-,11-/m0/s1. The van der Waals surface area contributed by atoms with Crippen LogP contribution in [0.15, 0.2) is 0 Å². The van der Waals surface area contributed by atoms with E-state index in [1.807, 2.05) is 0 Å². The molecule has 0 saturated heterocycles. The summed E-state index contributed by atoms with van der Waals surface area (Å²) in [5.74, 6) is -2.19. The number of hydrogen-bond donors (Lipinski definition) is 4. The Morgan fingerprint density at radius 3 is 1.88 bits per heavy atom. The maximum atomic E-state index is 10.5. The van der Waals surface area contributed by atoms with Gasteiger partial charge in [0.2, 0.25) is 0 Å². The highest BCUT2D eigenvalue weighted by molar-refractivity contribution is 5.67. The first kappa shape index (κ1) is 15.3. The maximum absolute atomic E-state index is 10.5. The Bertz CT molecular complexity index is 218. The molecule has 0 aromatic rings. The number of hydrogen-bond acceptors (Lipinski definition) is 4. The molecular weight excluding hydrogens is 212 g/mol. The van der Waals surface area contributed by atoms with Gasteiger partial charge < -0.3 is 20.4 Å². The van der Waals surface area contributed by atoms with Gasteiger partial charge in [-0.25, -0.2) is 0 Å². The van der Waals surface area contributed by atoms with E-state index in [-0.39, 0.29) is 18.9 Å². The van der Waals surface area contributed by atoms with Crippen molar-refractivity contribution in [2.24, 2.45) is 17.8 Å². The molecule has 4 N–H and O–H groups in total. The van der Waals surface area contributed by atoms with E-state index in [1.165, 1.54) is 0 Å². The molecule has 0 spiro atoms. The zero-order chi connectivity index (χ0) is 12.9. The first-order chi connectivity index (χ1) is 7.31. The molecule has 96 valence electrons. The number of carboxylic acid groups (broad SMARTS) is 1. The number of aliphatic carboxylic acids is 1. The van der Waals surface area contributed by atoms with Crippen LogP contribution in [0.1, 0.15) is 27.2 Å². The fourth-order valence-corrected chi connectivity index (χ4v) is 1.74. The topological polar surface area (TPSA) is 98.0 Å². The predicted octanol–water partition coefficient (Wildman–Crippen LogP) is 0.0835. The second-order valence-corrected chi connectivity index (χ2v) is 4.58. The molecule has 0 aromatic heterocycles. The third-order valence-corrected chi connectivity index (χ3v) is 3.03. The van der Waals surface area contributed by atoms with Gasteiger partial charge in [-0.2, -0.15) is 0 Å². The van der Waals surface area contributed by atoms with Gasteiger partial charge in [-0.05, 0) is 5.92 Å². The van der Waals surface area contributed by atoms with Crippen molar-refractivity contribution in [2.75, 3.05) is 6.61 Å². The molecule has 0 aromatic carbocycles. The highest BCUT2D eigenvalue weighted by Gasteiger charge is 2.30. The highest BCUT2D eigenvalue weighted by Crippen LogP contribution is 2.22. The molecule has 0 rings (SSSR count). The maximum Gasteiger partial charge on any atom is 0.303 e. The van der Waals surface area contributed by atoms with Crippen LogP contribution in [0.2, 0.25) is 0 Å². The largest absolute Gasteiger partial charge is 0.481 e. The van der Waals surface area contributed by atoms with Gasteiger partial charge in [0.25, 0.3) is 0 Å². The summed E-state index contributed by atoms with van der Waals surface area (Å²) in [4.78, 5) is 10.5. The molecule has 0 heterocycles.